The third-order valence-corrected chi connectivity index (χ3v) is 2.54. The van der Waals surface area contributed by atoms with Gasteiger partial charge in [0.2, 0.25) is 5.88 Å². The van der Waals surface area contributed by atoms with E-state index >= 15 is 0 Å². The fraction of sp³-hybridized carbons (Fsp3) is 0.455. The lowest BCUT2D eigenvalue weighted by molar-refractivity contribution is -0.0668. The van der Waals surface area contributed by atoms with E-state index in [2.05, 4.69) is 4.98 Å². The maximum Gasteiger partial charge on any atom is 0.255 e. The molecule has 0 aliphatic carbocycles. The predicted molar refractivity (Wildman–Crippen MR) is 57.3 cm³/mol. The van der Waals surface area contributed by atoms with Gasteiger partial charge >= 0.3 is 0 Å². The van der Waals surface area contributed by atoms with Crippen LogP contribution in [-0.4, -0.2) is 46.7 Å². The fourth-order valence-corrected chi connectivity index (χ4v) is 1.73. The van der Waals surface area contributed by atoms with Crippen LogP contribution in [0.25, 0.3) is 0 Å². The first-order chi connectivity index (χ1) is 7.52. The number of carbonyl (C=O) groups is 1. The number of amides is 1. The molecular weight excluding hydrogens is 208 g/mol. The molecule has 1 N–H and O–H groups in total. The van der Waals surface area contributed by atoms with Crippen molar-refractivity contribution in [2.75, 3.05) is 20.2 Å². The fourth-order valence-electron chi connectivity index (χ4n) is 1.73. The normalized spacial score (nSPS) is 17.8. The summed E-state index contributed by atoms with van der Waals surface area (Å²) in [7, 11) is 1.52. The molecule has 86 valence electrons. The molecule has 2 heterocycles. The zero-order valence-electron chi connectivity index (χ0n) is 9.30. The van der Waals surface area contributed by atoms with E-state index in [9.17, 15) is 9.90 Å². The molecular formula is C11H14N2O3. The van der Waals surface area contributed by atoms with Crippen molar-refractivity contribution in [3.63, 3.8) is 0 Å². The molecule has 0 saturated carbocycles. The zero-order chi connectivity index (χ0) is 11.8. The van der Waals surface area contributed by atoms with Gasteiger partial charge in [-0.05, 0) is 13.0 Å². The van der Waals surface area contributed by atoms with Gasteiger partial charge in [-0.3, -0.25) is 4.79 Å². The summed E-state index contributed by atoms with van der Waals surface area (Å²) in [5.41, 5.74) is -0.230. The van der Waals surface area contributed by atoms with Gasteiger partial charge in [0.25, 0.3) is 5.91 Å². The van der Waals surface area contributed by atoms with Crippen LogP contribution in [0.2, 0.25) is 0 Å². The van der Waals surface area contributed by atoms with Gasteiger partial charge < -0.3 is 14.7 Å². The first-order valence-electron chi connectivity index (χ1n) is 5.03. The van der Waals surface area contributed by atoms with Gasteiger partial charge in [0, 0.05) is 12.3 Å². The van der Waals surface area contributed by atoms with E-state index in [4.69, 9.17) is 4.74 Å². The summed E-state index contributed by atoms with van der Waals surface area (Å²) in [6.45, 7) is 2.46. The highest BCUT2D eigenvalue weighted by molar-refractivity contribution is 5.94. The van der Waals surface area contributed by atoms with E-state index in [0.29, 0.717) is 24.5 Å². The quantitative estimate of drug-likeness (QED) is 0.781. The SMILES string of the molecule is COc1ccc(C(=O)N2CC(C)(O)C2)cn1. The van der Waals surface area contributed by atoms with Gasteiger partial charge in [-0.25, -0.2) is 4.98 Å². The summed E-state index contributed by atoms with van der Waals surface area (Å²) in [5, 5.41) is 9.53. The number of hydrogen-bond acceptors (Lipinski definition) is 4. The van der Waals surface area contributed by atoms with E-state index in [-0.39, 0.29) is 5.91 Å². The number of likely N-dealkylation sites (tertiary alicyclic amines) is 1. The number of β-amino-alcohol motifs (C(OH)–C–C–N with tert-alkyl or cyclic N) is 1. The highest BCUT2D eigenvalue weighted by Crippen LogP contribution is 2.22. The van der Waals surface area contributed by atoms with Crippen molar-refractivity contribution in [3.05, 3.63) is 23.9 Å². The third kappa shape index (κ3) is 1.99. The second kappa shape index (κ2) is 3.75. The number of methoxy groups -OCH3 is 1. The average molecular weight is 222 g/mol. The second-order valence-corrected chi connectivity index (χ2v) is 4.25. The molecule has 0 aromatic carbocycles. The molecule has 5 nitrogen and oxygen atoms in total. The van der Waals surface area contributed by atoms with Crippen molar-refractivity contribution < 1.29 is 14.6 Å². The molecule has 1 fully saturated rings. The standard InChI is InChI=1S/C11H14N2O3/c1-11(15)6-13(7-11)10(14)8-3-4-9(16-2)12-5-8/h3-5,15H,6-7H2,1-2H3. The third-order valence-electron chi connectivity index (χ3n) is 2.54. The van der Waals surface area contributed by atoms with E-state index in [1.54, 1.807) is 24.0 Å². The molecule has 0 bridgehead atoms. The molecule has 0 spiro atoms. The molecule has 1 aliphatic heterocycles. The lowest BCUT2D eigenvalue weighted by atomic mass is 9.96. The van der Waals surface area contributed by atoms with Gasteiger partial charge in [0.15, 0.2) is 0 Å². The van der Waals surface area contributed by atoms with E-state index in [1.165, 1.54) is 13.3 Å². The van der Waals surface area contributed by atoms with Crippen molar-refractivity contribution in [1.82, 2.24) is 9.88 Å². The maximum atomic E-state index is 11.8. The summed E-state index contributed by atoms with van der Waals surface area (Å²) in [5.74, 6) is 0.369. The topological polar surface area (TPSA) is 62.7 Å². The molecule has 5 heteroatoms. The Labute approximate surface area is 93.7 Å². The van der Waals surface area contributed by atoms with Crippen LogP contribution in [0.3, 0.4) is 0 Å². The summed E-state index contributed by atoms with van der Waals surface area (Å²) >= 11 is 0. The van der Waals surface area contributed by atoms with Gasteiger partial charge in [-0.2, -0.15) is 0 Å². The highest BCUT2D eigenvalue weighted by Gasteiger charge is 2.39. The first-order valence-corrected chi connectivity index (χ1v) is 5.03. The van der Waals surface area contributed by atoms with E-state index in [1.807, 2.05) is 0 Å². The lowest BCUT2D eigenvalue weighted by Gasteiger charge is -2.44. The second-order valence-electron chi connectivity index (χ2n) is 4.25. The Morgan fingerprint density at radius 3 is 2.69 bits per heavy atom. The molecule has 16 heavy (non-hydrogen) atoms. The Kier molecular flexibility index (Phi) is 2.55. The smallest absolute Gasteiger partial charge is 0.255 e. The number of aromatic nitrogens is 1. The number of rotatable bonds is 2. The van der Waals surface area contributed by atoms with Gasteiger partial charge in [0.05, 0.1) is 31.4 Å². The summed E-state index contributed by atoms with van der Waals surface area (Å²) < 4.78 is 4.91. The molecule has 1 aromatic heterocycles. The number of ether oxygens (including phenoxy) is 1. The van der Waals surface area contributed by atoms with Crippen LogP contribution >= 0.6 is 0 Å². The van der Waals surface area contributed by atoms with Crippen LogP contribution in [0.5, 0.6) is 5.88 Å². The van der Waals surface area contributed by atoms with Crippen LogP contribution in [0.15, 0.2) is 18.3 Å². The lowest BCUT2D eigenvalue weighted by Crippen LogP contribution is -2.61. The van der Waals surface area contributed by atoms with Crippen molar-refractivity contribution in [3.8, 4) is 5.88 Å². The van der Waals surface area contributed by atoms with Crippen LogP contribution in [0, 0.1) is 0 Å². The predicted octanol–water partition coefficient (Wildman–Crippen LogP) is 0.297. The van der Waals surface area contributed by atoms with Crippen LogP contribution in [0.4, 0.5) is 0 Å². The Bertz CT molecular complexity index is 392. The summed E-state index contributed by atoms with van der Waals surface area (Å²) in [6.07, 6.45) is 1.48. The Balaban J connectivity index is 2.05. The van der Waals surface area contributed by atoms with Gasteiger partial charge in [0.1, 0.15) is 0 Å². The molecule has 1 amide bonds. The molecule has 0 radical (unpaired) electrons. The monoisotopic (exact) mass is 222 g/mol. The van der Waals surface area contributed by atoms with Crippen LogP contribution in [-0.2, 0) is 0 Å². The van der Waals surface area contributed by atoms with Crippen molar-refractivity contribution in [2.24, 2.45) is 0 Å². The van der Waals surface area contributed by atoms with Crippen molar-refractivity contribution >= 4 is 5.91 Å². The van der Waals surface area contributed by atoms with Crippen molar-refractivity contribution in [1.29, 1.82) is 0 Å². The zero-order valence-corrected chi connectivity index (χ0v) is 9.30. The molecule has 1 saturated heterocycles. The van der Waals surface area contributed by atoms with Gasteiger partial charge in [-0.1, -0.05) is 0 Å². The number of hydrogen-bond donors (Lipinski definition) is 1. The number of carbonyl (C=O) groups excluding carboxylic acids is 1. The van der Waals surface area contributed by atoms with Crippen LogP contribution in [0.1, 0.15) is 17.3 Å². The summed E-state index contributed by atoms with van der Waals surface area (Å²) in [6, 6.07) is 3.31. The van der Waals surface area contributed by atoms with Crippen LogP contribution < -0.4 is 4.74 Å². The molecule has 2 rings (SSSR count). The van der Waals surface area contributed by atoms with Gasteiger partial charge in [-0.15, -0.1) is 0 Å². The maximum absolute atomic E-state index is 11.8. The Morgan fingerprint density at radius 1 is 1.56 bits per heavy atom. The highest BCUT2D eigenvalue weighted by atomic mass is 16.5. The molecule has 0 unspecified atom stereocenters. The Hall–Kier alpha value is -1.62. The number of nitrogens with zero attached hydrogens (tertiary/aromatic N) is 2. The van der Waals surface area contributed by atoms with Crippen molar-refractivity contribution in [2.45, 2.75) is 12.5 Å². The number of pyridine rings is 1. The minimum absolute atomic E-state index is 0.110. The molecule has 1 aliphatic rings. The minimum Gasteiger partial charge on any atom is -0.481 e. The largest absolute Gasteiger partial charge is 0.481 e. The average Bonchev–Trinajstić information content (AvgIpc) is 2.25. The first kappa shape index (κ1) is 10.9. The Morgan fingerprint density at radius 2 is 2.25 bits per heavy atom. The number of aliphatic hydroxyl groups is 1. The van der Waals surface area contributed by atoms with E-state index in [0.717, 1.165) is 0 Å². The molecule has 1 aromatic rings. The van der Waals surface area contributed by atoms with E-state index < -0.39 is 5.60 Å². The minimum atomic E-state index is -0.741. The summed E-state index contributed by atoms with van der Waals surface area (Å²) in [4.78, 5) is 17.4. The molecule has 0 atom stereocenters.